The van der Waals surface area contributed by atoms with Gasteiger partial charge in [0.05, 0.1) is 12.1 Å². The van der Waals surface area contributed by atoms with Crippen molar-refractivity contribution in [3.63, 3.8) is 0 Å². The number of fused-ring (bicyclic) bond motifs is 2. The van der Waals surface area contributed by atoms with Crippen LogP contribution in [0.4, 0.5) is 10.5 Å². The second-order valence-electron chi connectivity index (χ2n) is 7.67. The number of benzene rings is 2. The Bertz CT molecular complexity index is 870. The van der Waals surface area contributed by atoms with E-state index in [4.69, 9.17) is 0 Å². The Balaban J connectivity index is 1.10. The van der Waals surface area contributed by atoms with Gasteiger partial charge in [0.2, 0.25) is 5.91 Å². The third-order valence-corrected chi connectivity index (χ3v) is 7.14. The number of hydrogen-bond donors (Lipinski definition) is 4. The van der Waals surface area contributed by atoms with E-state index in [0.29, 0.717) is 24.8 Å². The summed E-state index contributed by atoms with van der Waals surface area (Å²) in [4.78, 5) is 23.5. The lowest BCUT2D eigenvalue weighted by Gasteiger charge is -2.16. The van der Waals surface area contributed by atoms with Crippen LogP contribution in [0.5, 0.6) is 0 Å². The van der Waals surface area contributed by atoms with Gasteiger partial charge in [-0.3, -0.25) is 4.79 Å². The predicted octanol–water partition coefficient (Wildman–Crippen LogP) is 3.09. The summed E-state index contributed by atoms with van der Waals surface area (Å²) in [7, 11) is 0. The molecule has 2 aliphatic rings. The van der Waals surface area contributed by atoms with E-state index in [-0.39, 0.29) is 24.0 Å². The van der Waals surface area contributed by atoms with Crippen LogP contribution in [-0.2, 0) is 4.79 Å². The van der Waals surface area contributed by atoms with Crippen LogP contribution in [0.1, 0.15) is 25.7 Å². The van der Waals surface area contributed by atoms with Crippen LogP contribution >= 0.6 is 11.8 Å². The minimum absolute atomic E-state index is 0.0400. The number of nitrogens with one attached hydrogen (secondary N) is 4. The molecule has 2 heterocycles. The van der Waals surface area contributed by atoms with Gasteiger partial charge in [0.25, 0.3) is 0 Å². The molecule has 4 rings (SSSR count). The van der Waals surface area contributed by atoms with Gasteiger partial charge in [-0.15, -0.1) is 0 Å². The van der Waals surface area contributed by atoms with E-state index < -0.39 is 0 Å². The topological polar surface area (TPSA) is 82.3 Å². The average molecular weight is 413 g/mol. The fraction of sp³-hybridized carbons (Fsp3) is 0.455. The molecule has 2 aromatic rings. The van der Waals surface area contributed by atoms with Crippen molar-refractivity contribution < 1.29 is 9.59 Å². The Morgan fingerprint density at radius 2 is 1.93 bits per heavy atom. The minimum atomic E-state index is -0.0400. The molecule has 2 fully saturated rings. The van der Waals surface area contributed by atoms with Crippen molar-refractivity contribution in [1.82, 2.24) is 16.0 Å². The minimum Gasteiger partial charge on any atom is -0.383 e. The van der Waals surface area contributed by atoms with E-state index in [9.17, 15) is 9.59 Å². The Hall–Kier alpha value is -2.41. The number of carbonyl (C=O) groups is 2. The lowest BCUT2D eigenvalue weighted by Crippen LogP contribution is -2.36. The molecule has 29 heavy (non-hydrogen) atoms. The number of amides is 3. The molecular weight excluding hydrogens is 384 g/mol. The summed E-state index contributed by atoms with van der Waals surface area (Å²) in [6, 6.07) is 15.0. The molecule has 2 aliphatic heterocycles. The van der Waals surface area contributed by atoms with Gasteiger partial charge in [0, 0.05) is 41.6 Å². The number of carbonyl (C=O) groups excluding carboxylic acids is 2. The number of hydrogen-bond acceptors (Lipinski definition) is 4. The average Bonchev–Trinajstić information content (AvgIpc) is 3.28. The lowest BCUT2D eigenvalue weighted by atomic mass is 10.0. The van der Waals surface area contributed by atoms with Crippen molar-refractivity contribution in [3.05, 3.63) is 42.5 Å². The van der Waals surface area contributed by atoms with Gasteiger partial charge in [0.1, 0.15) is 0 Å². The van der Waals surface area contributed by atoms with Crippen LogP contribution in [0.25, 0.3) is 10.8 Å². The van der Waals surface area contributed by atoms with Crippen LogP contribution in [0.3, 0.4) is 0 Å². The highest BCUT2D eigenvalue weighted by molar-refractivity contribution is 8.00. The third-order valence-electron chi connectivity index (χ3n) is 5.63. The zero-order valence-electron chi connectivity index (χ0n) is 16.4. The summed E-state index contributed by atoms with van der Waals surface area (Å²) in [6.45, 7) is 1.32. The number of urea groups is 1. The fourth-order valence-electron chi connectivity index (χ4n) is 4.14. The summed E-state index contributed by atoms with van der Waals surface area (Å²) in [5.74, 6) is 1.09. The molecule has 0 spiro atoms. The highest BCUT2D eigenvalue weighted by atomic mass is 32.2. The Morgan fingerprint density at radius 1 is 1.07 bits per heavy atom. The highest BCUT2D eigenvalue weighted by Gasteiger charge is 2.42. The van der Waals surface area contributed by atoms with Gasteiger partial charge in [-0.05, 0) is 24.3 Å². The van der Waals surface area contributed by atoms with Crippen LogP contribution in [0.15, 0.2) is 42.5 Å². The second kappa shape index (κ2) is 9.39. The molecule has 0 aliphatic carbocycles. The summed E-state index contributed by atoms with van der Waals surface area (Å²) in [6.07, 6.45) is 3.50. The van der Waals surface area contributed by atoms with E-state index in [2.05, 4.69) is 45.5 Å². The first kappa shape index (κ1) is 19.9. The Labute approximate surface area is 175 Å². The molecule has 0 saturated carbocycles. The van der Waals surface area contributed by atoms with Gasteiger partial charge in [-0.2, -0.15) is 11.8 Å². The van der Waals surface area contributed by atoms with Crippen LogP contribution in [0, 0.1) is 0 Å². The van der Waals surface area contributed by atoms with Crippen molar-refractivity contribution in [3.8, 4) is 0 Å². The van der Waals surface area contributed by atoms with E-state index in [0.717, 1.165) is 30.7 Å². The van der Waals surface area contributed by atoms with Gasteiger partial charge in [-0.25, -0.2) is 4.79 Å². The Kier molecular flexibility index (Phi) is 6.44. The number of thioether (sulfide) groups is 1. The fourth-order valence-corrected chi connectivity index (χ4v) is 5.68. The molecule has 0 unspecified atom stereocenters. The number of anilines is 1. The van der Waals surface area contributed by atoms with Crippen molar-refractivity contribution in [2.45, 2.75) is 43.0 Å². The molecule has 6 nitrogen and oxygen atoms in total. The molecule has 3 atom stereocenters. The third kappa shape index (κ3) is 4.96. The summed E-state index contributed by atoms with van der Waals surface area (Å²) >= 11 is 1.92. The Morgan fingerprint density at radius 3 is 2.86 bits per heavy atom. The first-order valence-corrected chi connectivity index (χ1v) is 11.4. The van der Waals surface area contributed by atoms with Gasteiger partial charge >= 0.3 is 6.03 Å². The molecule has 2 aromatic carbocycles. The first-order valence-electron chi connectivity index (χ1n) is 10.4. The molecule has 4 N–H and O–H groups in total. The lowest BCUT2D eigenvalue weighted by molar-refractivity contribution is -0.121. The van der Waals surface area contributed by atoms with Crippen LogP contribution < -0.4 is 21.3 Å². The predicted molar refractivity (Wildman–Crippen MR) is 119 cm³/mol. The van der Waals surface area contributed by atoms with E-state index in [1.165, 1.54) is 10.8 Å². The summed E-state index contributed by atoms with van der Waals surface area (Å²) < 4.78 is 0. The molecule has 2 saturated heterocycles. The molecule has 7 heteroatoms. The molecule has 3 amide bonds. The molecule has 0 radical (unpaired) electrons. The normalized spacial score (nSPS) is 22.8. The maximum absolute atomic E-state index is 12.1. The SMILES string of the molecule is O=C(CCCC[C@@H]1SC[C@@H]2NC(=O)N[C@@H]21)NCCNc1cccc2ccccc12. The van der Waals surface area contributed by atoms with Gasteiger partial charge in [0.15, 0.2) is 0 Å². The largest absolute Gasteiger partial charge is 0.383 e. The maximum atomic E-state index is 12.1. The van der Waals surface area contributed by atoms with E-state index >= 15 is 0 Å². The van der Waals surface area contributed by atoms with Gasteiger partial charge in [-0.1, -0.05) is 42.8 Å². The van der Waals surface area contributed by atoms with Crippen LogP contribution in [0.2, 0.25) is 0 Å². The van der Waals surface area contributed by atoms with Crippen molar-refractivity contribution in [1.29, 1.82) is 0 Å². The monoisotopic (exact) mass is 412 g/mol. The van der Waals surface area contributed by atoms with Crippen molar-refractivity contribution in [2.75, 3.05) is 24.2 Å². The maximum Gasteiger partial charge on any atom is 0.315 e. The second-order valence-corrected chi connectivity index (χ2v) is 8.94. The number of unbranched alkanes of at least 4 members (excludes halogenated alkanes) is 1. The molecule has 0 aromatic heterocycles. The number of rotatable bonds is 9. The molecular formula is C22H28N4O2S. The standard InChI is InChI=1S/C22H28N4O2S/c27-20(11-4-3-10-19-21-18(14-29-19)25-22(28)26-21)24-13-12-23-17-9-5-7-15-6-1-2-8-16(15)17/h1-2,5-9,18-19,21,23H,3-4,10-14H2,(H,24,27)(H2,25,26,28)/t18-,19-,21-/m0/s1. The summed E-state index contributed by atoms with van der Waals surface area (Å²) in [5, 5.41) is 15.3. The van der Waals surface area contributed by atoms with Crippen molar-refractivity contribution >= 4 is 40.2 Å². The smallest absolute Gasteiger partial charge is 0.315 e. The molecule has 0 bridgehead atoms. The first-order chi connectivity index (χ1) is 14.2. The summed E-state index contributed by atoms with van der Waals surface area (Å²) in [5.41, 5.74) is 1.10. The van der Waals surface area contributed by atoms with E-state index in [1.54, 1.807) is 0 Å². The van der Waals surface area contributed by atoms with E-state index in [1.807, 2.05) is 30.0 Å². The van der Waals surface area contributed by atoms with Crippen molar-refractivity contribution in [2.24, 2.45) is 0 Å². The van der Waals surface area contributed by atoms with Crippen LogP contribution in [-0.4, -0.2) is 48.1 Å². The molecule has 154 valence electrons. The highest BCUT2D eigenvalue weighted by Crippen LogP contribution is 2.33. The quantitative estimate of drug-likeness (QED) is 0.377. The zero-order valence-corrected chi connectivity index (χ0v) is 17.3. The van der Waals surface area contributed by atoms with Gasteiger partial charge < -0.3 is 21.3 Å². The zero-order chi connectivity index (χ0) is 20.1.